The predicted octanol–water partition coefficient (Wildman–Crippen LogP) is 1.87. The molecule has 19 heavy (non-hydrogen) atoms. The minimum atomic E-state index is -0.751. The van der Waals surface area contributed by atoms with Crippen LogP contribution in [0, 0.1) is 18.3 Å². The summed E-state index contributed by atoms with van der Waals surface area (Å²) in [5.74, 6) is 0.863. The maximum Gasteiger partial charge on any atom is 0.321 e. The Morgan fingerprint density at radius 2 is 2.42 bits per heavy atom. The van der Waals surface area contributed by atoms with Gasteiger partial charge in [-0.05, 0) is 30.2 Å². The third kappa shape index (κ3) is 3.28. The minimum Gasteiger partial charge on any atom is -0.480 e. The van der Waals surface area contributed by atoms with E-state index >= 15 is 0 Å². The fourth-order valence-corrected chi connectivity index (χ4v) is 3.32. The predicted molar refractivity (Wildman–Crippen MR) is 75.1 cm³/mol. The highest BCUT2D eigenvalue weighted by Gasteiger charge is 2.28. The molecule has 0 saturated carbocycles. The lowest BCUT2D eigenvalue weighted by Crippen LogP contribution is -2.46. The molecule has 0 aromatic heterocycles. The number of hydrogen-bond donors (Lipinski definition) is 1. The van der Waals surface area contributed by atoms with Crippen LogP contribution in [0.25, 0.3) is 0 Å². The maximum absolute atomic E-state index is 11.2. The van der Waals surface area contributed by atoms with Crippen molar-refractivity contribution in [2.24, 2.45) is 0 Å². The van der Waals surface area contributed by atoms with Crippen molar-refractivity contribution in [1.82, 2.24) is 4.90 Å². The van der Waals surface area contributed by atoms with Gasteiger partial charge in [0.05, 0.1) is 11.6 Å². The van der Waals surface area contributed by atoms with E-state index in [0.717, 1.165) is 23.4 Å². The monoisotopic (exact) mass is 276 g/mol. The Morgan fingerprint density at radius 3 is 3.05 bits per heavy atom. The molecule has 1 N–H and O–H groups in total. The first kappa shape index (κ1) is 13.9. The Labute approximate surface area is 117 Å². The van der Waals surface area contributed by atoms with Gasteiger partial charge in [-0.2, -0.15) is 17.0 Å². The molecule has 1 heterocycles. The molecule has 0 bridgehead atoms. The quantitative estimate of drug-likeness (QED) is 0.913. The number of carboxylic acid groups (broad SMARTS) is 1. The van der Waals surface area contributed by atoms with Gasteiger partial charge in [0.15, 0.2) is 0 Å². The number of carbonyl (C=O) groups is 1. The lowest BCUT2D eigenvalue weighted by Gasteiger charge is -2.32. The lowest BCUT2D eigenvalue weighted by molar-refractivity contribution is -0.142. The molecule has 1 aromatic carbocycles. The summed E-state index contributed by atoms with van der Waals surface area (Å²) in [6.07, 6.45) is 0. The summed E-state index contributed by atoms with van der Waals surface area (Å²) in [5.41, 5.74) is 2.78. The van der Waals surface area contributed by atoms with Gasteiger partial charge < -0.3 is 5.11 Å². The third-order valence-electron chi connectivity index (χ3n) is 3.37. The van der Waals surface area contributed by atoms with E-state index in [-0.39, 0.29) is 0 Å². The Morgan fingerprint density at radius 1 is 1.63 bits per heavy atom. The second-order valence-electron chi connectivity index (χ2n) is 4.65. The first-order valence-electron chi connectivity index (χ1n) is 6.16. The highest BCUT2D eigenvalue weighted by atomic mass is 32.2. The second-order valence-corrected chi connectivity index (χ2v) is 5.80. The number of nitrogens with zero attached hydrogens (tertiary/aromatic N) is 2. The van der Waals surface area contributed by atoms with E-state index in [1.807, 2.05) is 24.0 Å². The van der Waals surface area contributed by atoms with E-state index in [0.29, 0.717) is 17.9 Å². The highest BCUT2D eigenvalue weighted by Crippen LogP contribution is 2.21. The van der Waals surface area contributed by atoms with Gasteiger partial charge in [-0.25, -0.2) is 0 Å². The molecular formula is C14H16N2O2S. The van der Waals surface area contributed by atoms with Crippen LogP contribution in [0.15, 0.2) is 18.2 Å². The van der Waals surface area contributed by atoms with Crippen molar-refractivity contribution in [3.8, 4) is 6.07 Å². The van der Waals surface area contributed by atoms with Gasteiger partial charge in [-0.15, -0.1) is 0 Å². The van der Waals surface area contributed by atoms with Crippen LogP contribution in [-0.4, -0.2) is 40.1 Å². The van der Waals surface area contributed by atoms with Crippen molar-refractivity contribution < 1.29 is 9.90 Å². The van der Waals surface area contributed by atoms with Gasteiger partial charge in [-0.1, -0.05) is 6.07 Å². The first-order valence-corrected chi connectivity index (χ1v) is 7.31. The Balaban J connectivity index is 2.15. The molecule has 1 atom stereocenters. The molecule has 0 radical (unpaired) electrons. The van der Waals surface area contributed by atoms with Gasteiger partial charge in [0.1, 0.15) is 6.04 Å². The van der Waals surface area contributed by atoms with E-state index in [1.54, 1.807) is 17.8 Å². The first-order chi connectivity index (χ1) is 9.11. The molecule has 1 unspecified atom stereocenters. The minimum absolute atomic E-state index is 0.409. The summed E-state index contributed by atoms with van der Waals surface area (Å²) in [6, 6.07) is 7.27. The summed E-state index contributed by atoms with van der Waals surface area (Å²) in [4.78, 5) is 13.2. The second kappa shape index (κ2) is 6.09. The maximum atomic E-state index is 11.2. The van der Waals surface area contributed by atoms with Crippen LogP contribution in [0.3, 0.4) is 0 Å². The molecule has 0 amide bonds. The Bertz CT molecular complexity index is 525. The number of carboxylic acids is 1. The average molecular weight is 276 g/mol. The summed E-state index contributed by atoms with van der Waals surface area (Å²) in [7, 11) is 0. The number of rotatable bonds is 3. The van der Waals surface area contributed by atoms with Crippen molar-refractivity contribution in [3.05, 3.63) is 34.9 Å². The van der Waals surface area contributed by atoms with E-state index in [1.165, 1.54) is 0 Å². The van der Waals surface area contributed by atoms with Crippen molar-refractivity contribution >= 4 is 17.7 Å². The third-order valence-corrected chi connectivity index (χ3v) is 4.39. The van der Waals surface area contributed by atoms with Crippen molar-refractivity contribution in [2.45, 2.75) is 19.5 Å². The molecule has 1 aromatic rings. The molecular weight excluding hydrogens is 260 g/mol. The lowest BCUT2D eigenvalue weighted by atomic mass is 10.0. The number of aryl methyl sites for hydroxylation is 1. The summed E-state index contributed by atoms with van der Waals surface area (Å²) in [6.45, 7) is 3.39. The van der Waals surface area contributed by atoms with E-state index < -0.39 is 12.0 Å². The summed E-state index contributed by atoms with van der Waals surface area (Å²) in [5, 5.41) is 18.1. The molecule has 0 spiro atoms. The van der Waals surface area contributed by atoms with Crippen molar-refractivity contribution in [3.63, 3.8) is 0 Å². The van der Waals surface area contributed by atoms with Crippen LogP contribution in [0.1, 0.15) is 16.7 Å². The van der Waals surface area contributed by atoms with E-state index in [2.05, 4.69) is 6.07 Å². The van der Waals surface area contributed by atoms with Crippen LogP contribution < -0.4 is 0 Å². The standard InChI is InChI=1S/C14H16N2O2S/c1-10-6-11(7-15)2-3-12(10)8-16-4-5-19-9-13(16)14(17)18/h2-3,6,13H,4-5,8-9H2,1H3,(H,17,18). The normalized spacial score (nSPS) is 19.9. The van der Waals surface area contributed by atoms with Crippen LogP contribution in [0.2, 0.25) is 0 Å². The Hall–Kier alpha value is -1.51. The molecule has 2 rings (SSSR count). The fourth-order valence-electron chi connectivity index (χ4n) is 2.22. The SMILES string of the molecule is Cc1cc(C#N)ccc1CN1CCSCC1C(=O)O. The Kier molecular flexibility index (Phi) is 4.46. The fraction of sp³-hybridized carbons (Fsp3) is 0.429. The highest BCUT2D eigenvalue weighted by molar-refractivity contribution is 7.99. The van der Waals surface area contributed by atoms with Crippen LogP contribution in [-0.2, 0) is 11.3 Å². The van der Waals surface area contributed by atoms with E-state index in [9.17, 15) is 9.90 Å². The van der Waals surface area contributed by atoms with Gasteiger partial charge in [0, 0.05) is 24.6 Å². The van der Waals surface area contributed by atoms with E-state index in [4.69, 9.17) is 5.26 Å². The largest absolute Gasteiger partial charge is 0.480 e. The molecule has 1 aliphatic rings. The van der Waals surface area contributed by atoms with Gasteiger partial charge in [0.2, 0.25) is 0 Å². The topological polar surface area (TPSA) is 64.3 Å². The number of thioether (sulfide) groups is 1. The number of hydrogen-bond acceptors (Lipinski definition) is 4. The van der Waals surface area contributed by atoms with Gasteiger partial charge >= 0.3 is 5.97 Å². The zero-order valence-corrected chi connectivity index (χ0v) is 11.6. The molecule has 5 heteroatoms. The van der Waals surface area contributed by atoms with Crippen LogP contribution >= 0.6 is 11.8 Å². The molecule has 1 saturated heterocycles. The molecule has 4 nitrogen and oxygen atoms in total. The van der Waals surface area contributed by atoms with Gasteiger partial charge in [0.25, 0.3) is 0 Å². The number of aliphatic carboxylic acids is 1. The molecule has 0 aliphatic carbocycles. The summed E-state index contributed by atoms with van der Waals surface area (Å²) >= 11 is 1.69. The zero-order chi connectivity index (χ0) is 13.8. The van der Waals surface area contributed by atoms with Crippen molar-refractivity contribution in [2.75, 3.05) is 18.1 Å². The summed E-state index contributed by atoms with van der Waals surface area (Å²) < 4.78 is 0. The van der Waals surface area contributed by atoms with Gasteiger partial charge in [-0.3, -0.25) is 9.69 Å². The average Bonchev–Trinajstić information content (AvgIpc) is 2.41. The molecule has 1 fully saturated rings. The van der Waals surface area contributed by atoms with Crippen LogP contribution in [0.5, 0.6) is 0 Å². The molecule has 1 aliphatic heterocycles. The van der Waals surface area contributed by atoms with Crippen molar-refractivity contribution in [1.29, 1.82) is 5.26 Å². The zero-order valence-electron chi connectivity index (χ0n) is 10.8. The van der Waals surface area contributed by atoms with Crippen LogP contribution in [0.4, 0.5) is 0 Å². The number of nitriles is 1. The smallest absolute Gasteiger partial charge is 0.321 e. The molecule has 100 valence electrons. The number of benzene rings is 1.